The number of allylic oxidation sites excluding steroid dienone is 1. The van der Waals surface area contributed by atoms with Gasteiger partial charge in [0.2, 0.25) is 5.95 Å². The Morgan fingerprint density at radius 2 is 1.72 bits per heavy atom. The summed E-state index contributed by atoms with van der Waals surface area (Å²) in [5, 5.41) is 36.5. The third-order valence-electron chi connectivity index (χ3n) is 6.07. The SMILES string of the molecule is Cc1cc(/C=C/C#N)cc(C)c1Nc1nc(Nc2ccc(C#N)cc2)ncc1C(O)c1nc2ccccc2s1. The molecular weight excluding hydrogens is 506 g/mol. The fourth-order valence-corrected chi connectivity index (χ4v) is 5.16. The first-order valence-corrected chi connectivity index (χ1v) is 12.9. The number of aromatic nitrogens is 3. The van der Waals surface area contributed by atoms with Crippen LogP contribution in [0.5, 0.6) is 0 Å². The maximum Gasteiger partial charge on any atom is 0.229 e. The smallest absolute Gasteiger partial charge is 0.229 e. The lowest BCUT2D eigenvalue weighted by Crippen LogP contribution is -2.10. The van der Waals surface area contributed by atoms with Gasteiger partial charge in [0.05, 0.1) is 27.9 Å². The molecule has 9 heteroatoms. The molecule has 3 aromatic carbocycles. The van der Waals surface area contributed by atoms with Crippen LogP contribution >= 0.6 is 11.3 Å². The molecule has 0 fully saturated rings. The maximum absolute atomic E-state index is 11.4. The van der Waals surface area contributed by atoms with Crippen molar-refractivity contribution in [3.63, 3.8) is 0 Å². The van der Waals surface area contributed by atoms with Gasteiger partial charge in [-0.15, -0.1) is 11.3 Å². The standard InChI is InChI=1S/C30H23N7OS/c1-18-14-21(6-5-13-31)15-19(2)26(18)36-28-23(27(38)29-35-24-7-3-4-8-25(24)39-29)17-33-30(37-28)34-22-11-9-20(16-32)10-12-22/h3-12,14-15,17,27,38H,1-2H3,(H2,33,34,36,37)/b6-5+. The van der Waals surface area contributed by atoms with Crippen LogP contribution in [0.3, 0.4) is 0 Å². The zero-order chi connectivity index (χ0) is 27.4. The maximum atomic E-state index is 11.4. The number of hydrogen-bond acceptors (Lipinski definition) is 9. The van der Waals surface area contributed by atoms with Gasteiger partial charge in [-0.2, -0.15) is 15.5 Å². The van der Waals surface area contributed by atoms with Crippen molar-refractivity contribution < 1.29 is 5.11 Å². The van der Waals surface area contributed by atoms with E-state index in [0.717, 1.165) is 38.3 Å². The van der Waals surface area contributed by atoms with Gasteiger partial charge in [0.15, 0.2) is 0 Å². The fourth-order valence-electron chi connectivity index (χ4n) is 4.19. The van der Waals surface area contributed by atoms with Crippen LogP contribution < -0.4 is 10.6 Å². The number of aliphatic hydroxyl groups is 1. The first kappa shape index (κ1) is 25.6. The van der Waals surface area contributed by atoms with E-state index < -0.39 is 6.10 Å². The summed E-state index contributed by atoms with van der Waals surface area (Å²) in [5.41, 5.74) is 6.23. The Morgan fingerprint density at radius 1 is 0.974 bits per heavy atom. The van der Waals surface area contributed by atoms with E-state index in [0.29, 0.717) is 27.9 Å². The Kier molecular flexibility index (Phi) is 7.28. The van der Waals surface area contributed by atoms with E-state index in [9.17, 15) is 5.11 Å². The van der Waals surface area contributed by atoms with Crippen LogP contribution in [0.25, 0.3) is 16.3 Å². The summed E-state index contributed by atoms with van der Waals surface area (Å²) in [6.07, 6.45) is 3.75. The van der Waals surface area contributed by atoms with Crippen molar-refractivity contribution >= 4 is 50.8 Å². The lowest BCUT2D eigenvalue weighted by atomic mass is 10.0. The number of nitriles is 2. The monoisotopic (exact) mass is 529 g/mol. The molecule has 0 aliphatic rings. The molecule has 0 saturated heterocycles. The third kappa shape index (κ3) is 5.60. The number of anilines is 4. The number of rotatable bonds is 7. The summed E-state index contributed by atoms with van der Waals surface area (Å²) >= 11 is 1.42. The van der Waals surface area contributed by atoms with Crippen molar-refractivity contribution in [2.75, 3.05) is 10.6 Å². The molecule has 5 aromatic rings. The van der Waals surface area contributed by atoms with Crippen molar-refractivity contribution in [2.24, 2.45) is 0 Å². The van der Waals surface area contributed by atoms with Gasteiger partial charge in [-0.1, -0.05) is 12.1 Å². The molecule has 2 aromatic heterocycles. The van der Waals surface area contributed by atoms with E-state index in [1.807, 2.05) is 56.3 Å². The Hall–Kier alpha value is -5.09. The van der Waals surface area contributed by atoms with Crippen molar-refractivity contribution in [1.82, 2.24) is 15.0 Å². The fraction of sp³-hybridized carbons (Fsp3) is 0.100. The van der Waals surface area contributed by atoms with Gasteiger partial charge >= 0.3 is 0 Å². The van der Waals surface area contributed by atoms with E-state index in [2.05, 4.69) is 26.7 Å². The molecular formula is C30H23N7OS. The summed E-state index contributed by atoms with van der Waals surface area (Å²) in [7, 11) is 0. The first-order chi connectivity index (χ1) is 18.9. The highest BCUT2D eigenvalue weighted by molar-refractivity contribution is 7.18. The van der Waals surface area contributed by atoms with Crippen LogP contribution in [-0.2, 0) is 0 Å². The molecule has 1 unspecified atom stereocenters. The Bertz CT molecular complexity index is 1720. The molecule has 0 spiro atoms. The molecule has 5 rings (SSSR count). The molecule has 0 bridgehead atoms. The highest BCUT2D eigenvalue weighted by atomic mass is 32.1. The van der Waals surface area contributed by atoms with Crippen molar-refractivity contribution in [2.45, 2.75) is 20.0 Å². The summed E-state index contributed by atoms with van der Waals surface area (Å²) in [5.74, 6) is 0.755. The van der Waals surface area contributed by atoms with Gasteiger partial charge in [0.1, 0.15) is 16.9 Å². The van der Waals surface area contributed by atoms with E-state index in [1.54, 1.807) is 36.5 Å². The minimum absolute atomic E-state index is 0.325. The number of nitrogens with zero attached hydrogens (tertiary/aromatic N) is 5. The molecule has 2 heterocycles. The van der Waals surface area contributed by atoms with Crippen LogP contribution in [0.1, 0.15) is 38.9 Å². The van der Waals surface area contributed by atoms with Gasteiger partial charge in [0.25, 0.3) is 0 Å². The summed E-state index contributed by atoms with van der Waals surface area (Å²) < 4.78 is 0.980. The highest BCUT2D eigenvalue weighted by Gasteiger charge is 2.22. The number of fused-ring (bicyclic) bond motifs is 1. The number of hydrogen-bond donors (Lipinski definition) is 3. The molecule has 8 nitrogen and oxygen atoms in total. The number of thiazole rings is 1. The number of para-hydroxylation sites is 1. The second-order valence-electron chi connectivity index (χ2n) is 8.85. The predicted molar refractivity (Wildman–Crippen MR) is 154 cm³/mol. The van der Waals surface area contributed by atoms with Crippen LogP contribution in [0.15, 0.2) is 72.9 Å². The van der Waals surface area contributed by atoms with Gasteiger partial charge in [-0.3, -0.25) is 0 Å². The molecule has 0 amide bonds. The average molecular weight is 530 g/mol. The molecule has 0 aliphatic heterocycles. The van der Waals surface area contributed by atoms with Gasteiger partial charge < -0.3 is 15.7 Å². The molecule has 0 radical (unpaired) electrons. The number of aryl methyl sites for hydroxylation is 2. The van der Waals surface area contributed by atoms with Gasteiger partial charge in [0, 0.05) is 29.2 Å². The summed E-state index contributed by atoms with van der Waals surface area (Å²) in [6.45, 7) is 3.94. The van der Waals surface area contributed by atoms with Crippen molar-refractivity contribution in [3.8, 4) is 12.1 Å². The highest BCUT2D eigenvalue weighted by Crippen LogP contribution is 2.35. The Morgan fingerprint density at radius 3 is 2.41 bits per heavy atom. The van der Waals surface area contributed by atoms with Crippen LogP contribution in [0.2, 0.25) is 0 Å². The number of nitrogens with one attached hydrogen (secondary N) is 2. The summed E-state index contributed by atoms with van der Waals surface area (Å²) in [4.78, 5) is 13.8. The quantitative estimate of drug-likeness (QED) is 0.199. The van der Waals surface area contributed by atoms with Gasteiger partial charge in [-0.05, 0) is 85.1 Å². The molecule has 190 valence electrons. The van der Waals surface area contributed by atoms with E-state index >= 15 is 0 Å². The number of aliphatic hydroxyl groups excluding tert-OH is 1. The first-order valence-electron chi connectivity index (χ1n) is 12.1. The largest absolute Gasteiger partial charge is 0.381 e. The minimum atomic E-state index is -1.05. The molecule has 1 atom stereocenters. The zero-order valence-corrected chi connectivity index (χ0v) is 22.0. The van der Waals surface area contributed by atoms with Crippen molar-refractivity contribution in [3.05, 3.63) is 106 Å². The van der Waals surface area contributed by atoms with E-state index in [4.69, 9.17) is 15.5 Å². The lowest BCUT2D eigenvalue weighted by Gasteiger charge is -2.18. The average Bonchev–Trinajstić information content (AvgIpc) is 3.38. The molecule has 3 N–H and O–H groups in total. The molecule has 0 aliphatic carbocycles. The number of benzene rings is 3. The van der Waals surface area contributed by atoms with E-state index in [-0.39, 0.29) is 0 Å². The van der Waals surface area contributed by atoms with Crippen LogP contribution in [0.4, 0.5) is 23.1 Å². The van der Waals surface area contributed by atoms with Crippen LogP contribution in [-0.4, -0.2) is 20.1 Å². The van der Waals surface area contributed by atoms with Crippen molar-refractivity contribution in [1.29, 1.82) is 10.5 Å². The molecule has 0 saturated carbocycles. The van der Waals surface area contributed by atoms with Crippen LogP contribution in [0, 0.1) is 36.5 Å². The second-order valence-corrected chi connectivity index (χ2v) is 9.91. The Balaban J connectivity index is 1.55. The third-order valence-corrected chi connectivity index (χ3v) is 7.16. The van der Waals surface area contributed by atoms with Gasteiger partial charge in [-0.25, -0.2) is 9.97 Å². The Labute approximate surface area is 229 Å². The second kappa shape index (κ2) is 11.1. The summed E-state index contributed by atoms with van der Waals surface area (Å²) in [6, 6.07) is 22.8. The topological polar surface area (TPSA) is 131 Å². The van der Waals surface area contributed by atoms with E-state index in [1.165, 1.54) is 17.4 Å². The predicted octanol–water partition coefficient (Wildman–Crippen LogP) is 6.68. The zero-order valence-electron chi connectivity index (χ0n) is 21.2. The minimum Gasteiger partial charge on any atom is -0.381 e. The normalized spacial score (nSPS) is 11.7. The molecule has 39 heavy (non-hydrogen) atoms. The lowest BCUT2D eigenvalue weighted by molar-refractivity contribution is 0.220.